The van der Waals surface area contributed by atoms with E-state index in [1.165, 1.54) is 21.8 Å². The van der Waals surface area contributed by atoms with Crippen LogP contribution < -0.4 is 27.0 Å². The summed E-state index contributed by atoms with van der Waals surface area (Å²) in [5, 5.41) is 5.97. The second kappa shape index (κ2) is 6.99. The molecule has 0 unspecified atom stereocenters. The number of hydrogen-bond acceptors (Lipinski definition) is 2. The molecule has 0 saturated carbocycles. The minimum absolute atomic E-state index is 0. The predicted octanol–water partition coefficient (Wildman–Crippen LogP) is 1.57. The molecular formula is C21H19ClN2O. The quantitative estimate of drug-likeness (QED) is 0.448. The van der Waals surface area contributed by atoms with Crippen molar-refractivity contribution in [3.05, 3.63) is 72.8 Å². The van der Waals surface area contributed by atoms with Gasteiger partial charge in [0, 0.05) is 12.1 Å². The number of pyridine rings is 1. The van der Waals surface area contributed by atoms with Crippen molar-refractivity contribution in [3.8, 4) is 5.75 Å². The highest BCUT2D eigenvalue weighted by molar-refractivity contribution is 6.06. The van der Waals surface area contributed by atoms with Gasteiger partial charge in [0.25, 0.3) is 0 Å². The number of rotatable bonds is 3. The summed E-state index contributed by atoms with van der Waals surface area (Å²) in [6, 6.07) is 24.9. The Morgan fingerprint density at radius 2 is 1.28 bits per heavy atom. The largest absolute Gasteiger partial charge is 1.00 e. The maximum atomic E-state index is 5.50. The van der Waals surface area contributed by atoms with Crippen LogP contribution in [-0.2, 0) is 7.05 Å². The summed E-state index contributed by atoms with van der Waals surface area (Å²) < 4.78 is 7.73. The summed E-state index contributed by atoms with van der Waals surface area (Å²) in [7, 11) is 3.80. The standard InChI is InChI=1S/C21H18N2O.ClH/c1-23-18-12-6-3-9-15(18)21(16-10-4-7-13-19(16)23)22-17-11-5-8-14-20(17)24-2;/h3-14H,1-2H3;1H. The minimum Gasteiger partial charge on any atom is -1.00 e. The molecule has 3 aromatic carbocycles. The molecule has 0 bridgehead atoms. The van der Waals surface area contributed by atoms with Crippen LogP contribution in [0.25, 0.3) is 21.8 Å². The molecule has 0 atom stereocenters. The van der Waals surface area contributed by atoms with E-state index in [2.05, 4.69) is 65.5 Å². The Bertz CT molecular complexity index is 989. The molecule has 4 aromatic rings. The zero-order chi connectivity index (χ0) is 16.5. The number of fused-ring (bicyclic) bond motifs is 2. The molecule has 25 heavy (non-hydrogen) atoms. The van der Waals surface area contributed by atoms with E-state index < -0.39 is 0 Å². The lowest BCUT2D eigenvalue weighted by Gasteiger charge is -2.14. The number of halogens is 1. The summed E-state index contributed by atoms with van der Waals surface area (Å²) in [5.41, 5.74) is 4.44. The molecule has 3 nitrogen and oxygen atoms in total. The Morgan fingerprint density at radius 3 is 1.88 bits per heavy atom. The monoisotopic (exact) mass is 350 g/mol. The van der Waals surface area contributed by atoms with Crippen LogP contribution in [0.3, 0.4) is 0 Å². The van der Waals surface area contributed by atoms with Crippen molar-refractivity contribution in [2.24, 2.45) is 7.05 Å². The fourth-order valence-corrected chi connectivity index (χ4v) is 3.25. The average Bonchev–Trinajstić information content (AvgIpc) is 2.65. The van der Waals surface area contributed by atoms with Gasteiger partial charge in [-0.25, -0.2) is 0 Å². The lowest BCUT2D eigenvalue weighted by Crippen LogP contribution is -3.00. The molecule has 0 radical (unpaired) electrons. The van der Waals surface area contributed by atoms with Crippen LogP contribution in [0.4, 0.5) is 11.4 Å². The first-order valence-corrected chi connectivity index (χ1v) is 7.99. The van der Waals surface area contributed by atoms with E-state index in [0.29, 0.717) is 0 Å². The van der Waals surface area contributed by atoms with Crippen LogP contribution in [0, 0.1) is 0 Å². The van der Waals surface area contributed by atoms with Gasteiger partial charge < -0.3 is 22.5 Å². The van der Waals surface area contributed by atoms with Gasteiger partial charge in [0.2, 0.25) is 11.0 Å². The molecular weight excluding hydrogens is 332 g/mol. The van der Waals surface area contributed by atoms with E-state index in [1.54, 1.807) is 7.11 Å². The lowest BCUT2D eigenvalue weighted by atomic mass is 10.1. The Labute approximate surface area is 153 Å². The van der Waals surface area contributed by atoms with Crippen molar-refractivity contribution in [1.29, 1.82) is 0 Å². The van der Waals surface area contributed by atoms with Crippen LogP contribution >= 0.6 is 0 Å². The molecule has 0 spiro atoms. The number of benzene rings is 3. The molecule has 0 aliphatic rings. The number of para-hydroxylation sites is 4. The number of nitrogens with one attached hydrogen (secondary N) is 1. The zero-order valence-corrected chi connectivity index (χ0v) is 14.9. The predicted molar refractivity (Wildman–Crippen MR) is 98.9 cm³/mol. The van der Waals surface area contributed by atoms with Crippen LogP contribution in [0.15, 0.2) is 72.8 Å². The van der Waals surface area contributed by atoms with E-state index in [0.717, 1.165) is 17.1 Å². The summed E-state index contributed by atoms with van der Waals surface area (Å²) in [4.78, 5) is 0. The first-order chi connectivity index (χ1) is 11.8. The summed E-state index contributed by atoms with van der Waals surface area (Å²) in [6.45, 7) is 0. The molecule has 4 heteroatoms. The Balaban J connectivity index is 0.00000182. The maximum Gasteiger partial charge on any atom is 0.214 e. The number of hydrogen-bond donors (Lipinski definition) is 1. The number of aryl methyl sites for hydroxylation is 1. The Morgan fingerprint density at radius 1 is 0.760 bits per heavy atom. The second-order valence-corrected chi connectivity index (χ2v) is 5.79. The lowest BCUT2D eigenvalue weighted by molar-refractivity contribution is -0.617. The summed E-state index contributed by atoms with van der Waals surface area (Å²) >= 11 is 0. The average molecular weight is 351 g/mol. The van der Waals surface area contributed by atoms with Crippen molar-refractivity contribution in [3.63, 3.8) is 0 Å². The molecule has 0 fully saturated rings. The van der Waals surface area contributed by atoms with Crippen molar-refractivity contribution >= 4 is 33.2 Å². The molecule has 0 aliphatic heterocycles. The molecule has 1 aromatic heterocycles. The smallest absolute Gasteiger partial charge is 0.214 e. The summed E-state index contributed by atoms with van der Waals surface area (Å²) in [6.07, 6.45) is 0. The van der Waals surface area contributed by atoms with Crippen LogP contribution in [0.1, 0.15) is 0 Å². The van der Waals surface area contributed by atoms with Gasteiger partial charge in [0.05, 0.1) is 29.3 Å². The first kappa shape index (κ1) is 17.1. The minimum atomic E-state index is 0. The van der Waals surface area contributed by atoms with Gasteiger partial charge in [0.1, 0.15) is 12.8 Å². The van der Waals surface area contributed by atoms with Gasteiger partial charge >= 0.3 is 0 Å². The zero-order valence-electron chi connectivity index (χ0n) is 14.2. The molecule has 0 amide bonds. The van der Waals surface area contributed by atoms with Crippen molar-refractivity contribution in [2.75, 3.05) is 12.4 Å². The van der Waals surface area contributed by atoms with E-state index >= 15 is 0 Å². The molecule has 126 valence electrons. The van der Waals surface area contributed by atoms with E-state index in [1.807, 2.05) is 24.3 Å². The normalized spacial score (nSPS) is 10.5. The molecule has 1 heterocycles. The van der Waals surface area contributed by atoms with Gasteiger partial charge in [-0.1, -0.05) is 36.4 Å². The third-order valence-corrected chi connectivity index (χ3v) is 4.44. The topological polar surface area (TPSA) is 25.1 Å². The van der Waals surface area contributed by atoms with Gasteiger partial charge in [0.15, 0.2) is 0 Å². The number of nitrogens with zero attached hydrogens (tertiary/aromatic N) is 1. The number of aromatic nitrogens is 1. The number of ether oxygens (including phenoxy) is 1. The van der Waals surface area contributed by atoms with E-state index in [9.17, 15) is 0 Å². The fraction of sp³-hybridized carbons (Fsp3) is 0.0952. The van der Waals surface area contributed by atoms with E-state index in [-0.39, 0.29) is 12.4 Å². The Hall–Kier alpha value is -2.78. The highest BCUT2D eigenvalue weighted by Gasteiger charge is 2.17. The molecule has 4 rings (SSSR count). The molecule has 0 saturated heterocycles. The maximum absolute atomic E-state index is 5.50. The van der Waals surface area contributed by atoms with E-state index in [4.69, 9.17) is 4.74 Å². The van der Waals surface area contributed by atoms with Gasteiger partial charge in [-0.05, 0) is 24.3 Å². The summed E-state index contributed by atoms with van der Waals surface area (Å²) in [5.74, 6) is 0.832. The van der Waals surface area contributed by atoms with Crippen molar-refractivity contribution in [1.82, 2.24) is 0 Å². The van der Waals surface area contributed by atoms with Gasteiger partial charge in [-0.2, -0.15) is 4.57 Å². The number of anilines is 2. The fourth-order valence-electron chi connectivity index (χ4n) is 3.25. The molecule has 1 N–H and O–H groups in total. The van der Waals surface area contributed by atoms with Crippen molar-refractivity contribution < 1.29 is 21.7 Å². The third-order valence-electron chi connectivity index (χ3n) is 4.44. The van der Waals surface area contributed by atoms with Crippen LogP contribution in [0.2, 0.25) is 0 Å². The Kier molecular flexibility index (Phi) is 4.77. The second-order valence-electron chi connectivity index (χ2n) is 5.79. The third kappa shape index (κ3) is 2.87. The van der Waals surface area contributed by atoms with Crippen molar-refractivity contribution in [2.45, 2.75) is 0 Å². The number of methoxy groups -OCH3 is 1. The highest BCUT2D eigenvalue weighted by atomic mass is 35.5. The van der Waals surface area contributed by atoms with Crippen LogP contribution in [0.5, 0.6) is 5.75 Å². The highest BCUT2D eigenvalue weighted by Crippen LogP contribution is 2.34. The van der Waals surface area contributed by atoms with Gasteiger partial charge in [-0.3, -0.25) is 0 Å². The molecule has 0 aliphatic carbocycles. The SMILES string of the molecule is COc1ccccc1Nc1c2ccccc2[n+](C)c2ccccc12.[Cl-]. The van der Waals surface area contributed by atoms with Crippen LogP contribution in [-0.4, -0.2) is 7.11 Å². The first-order valence-electron chi connectivity index (χ1n) is 7.99. The van der Waals surface area contributed by atoms with Gasteiger partial charge in [-0.15, -0.1) is 0 Å².